The highest BCUT2D eigenvalue weighted by Gasteiger charge is 2.36. The fourth-order valence-electron chi connectivity index (χ4n) is 3.88. The van der Waals surface area contributed by atoms with Crippen LogP contribution < -0.4 is 4.90 Å². The number of anilines is 1. The summed E-state index contributed by atoms with van der Waals surface area (Å²) in [7, 11) is 0. The van der Waals surface area contributed by atoms with Gasteiger partial charge in [0.25, 0.3) is 11.1 Å². The van der Waals surface area contributed by atoms with Gasteiger partial charge < -0.3 is 4.57 Å². The number of amides is 2. The molecule has 6 heteroatoms. The molecule has 2 amide bonds. The normalized spacial score (nSPS) is 15.0. The van der Waals surface area contributed by atoms with Crippen LogP contribution in [0.4, 0.5) is 10.5 Å². The monoisotopic (exact) mass is 435 g/mol. The van der Waals surface area contributed by atoms with Crippen molar-refractivity contribution >= 4 is 45.6 Å². The van der Waals surface area contributed by atoms with E-state index in [1.54, 1.807) is 30.3 Å². The molecule has 0 aliphatic carbocycles. The number of hydrogen-bond acceptors (Lipinski definition) is 4. The van der Waals surface area contributed by atoms with E-state index >= 15 is 0 Å². The number of aromatic nitrogens is 1. The number of imide groups is 1. The lowest BCUT2D eigenvalue weighted by Crippen LogP contribution is -2.27. The summed E-state index contributed by atoms with van der Waals surface area (Å²) in [6, 6.07) is 26.6. The third-order valence-corrected chi connectivity index (χ3v) is 6.26. The van der Waals surface area contributed by atoms with Gasteiger partial charge in [0.05, 0.1) is 22.2 Å². The number of para-hydroxylation sites is 2. The van der Waals surface area contributed by atoms with Crippen molar-refractivity contribution in [2.45, 2.75) is 6.54 Å². The smallest absolute Gasteiger partial charge is 0.298 e. The van der Waals surface area contributed by atoms with E-state index in [4.69, 9.17) is 0 Å². The Morgan fingerprint density at radius 2 is 1.62 bits per heavy atom. The zero-order valence-electron chi connectivity index (χ0n) is 16.9. The van der Waals surface area contributed by atoms with Crippen molar-refractivity contribution < 1.29 is 9.59 Å². The lowest BCUT2D eigenvalue weighted by atomic mass is 10.1. The van der Waals surface area contributed by atoms with Gasteiger partial charge in [-0.25, -0.2) is 4.90 Å². The van der Waals surface area contributed by atoms with Crippen LogP contribution in [0.15, 0.2) is 90.0 Å². The van der Waals surface area contributed by atoms with Gasteiger partial charge in [-0.1, -0.05) is 54.6 Å². The molecule has 154 valence electrons. The van der Waals surface area contributed by atoms with Gasteiger partial charge in [0.15, 0.2) is 0 Å². The summed E-state index contributed by atoms with van der Waals surface area (Å²) >= 11 is 0.946. The molecule has 1 aliphatic heterocycles. The molecule has 0 saturated carbocycles. The first-order valence-electron chi connectivity index (χ1n) is 10.0. The quantitative estimate of drug-likeness (QED) is 0.380. The molecule has 0 atom stereocenters. The van der Waals surface area contributed by atoms with Crippen LogP contribution in [0.25, 0.3) is 17.0 Å². The molecule has 32 heavy (non-hydrogen) atoms. The molecular formula is C26H17N3O2S. The molecule has 2 heterocycles. The third-order valence-electron chi connectivity index (χ3n) is 5.39. The Hall–Kier alpha value is -4.08. The molecular weight excluding hydrogens is 418 g/mol. The van der Waals surface area contributed by atoms with Crippen molar-refractivity contribution in [3.8, 4) is 6.07 Å². The average molecular weight is 436 g/mol. The van der Waals surface area contributed by atoms with Crippen molar-refractivity contribution in [2.75, 3.05) is 4.90 Å². The van der Waals surface area contributed by atoms with Crippen LogP contribution in [0, 0.1) is 11.3 Å². The van der Waals surface area contributed by atoms with Gasteiger partial charge >= 0.3 is 0 Å². The minimum absolute atomic E-state index is 0.306. The SMILES string of the molecule is N#Cc1ccccc1Cn1cc(/C=C2\SC(=O)N(c3ccccc3)C2=O)c2ccccc21. The summed E-state index contributed by atoms with van der Waals surface area (Å²) in [5.41, 5.74) is 3.97. The Morgan fingerprint density at radius 3 is 2.44 bits per heavy atom. The molecule has 5 nitrogen and oxygen atoms in total. The summed E-state index contributed by atoms with van der Waals surface area (Å²) in [6.45, 7) is 0.531. The lowest BCUT2D eigenvalue weighted by Gasteiger charge is -2.11. The Balaban J connectivity index is 1.54. The van der Waals surface area contributed by atoms with Crippen molar-refractivity contribution in [3.05, 3.63) is 107 Å². The van der Waals surface area contributed by atoms with Crippen molar-refractivity contribution in [1.82, 2.24) is 4.57 Å². The molecule has 3 aromatic carbocycles. The molecule has 0 radical (unpaired) electrons. The molecule has 4 aromatic rings. The van der Waals surface area contributed by atoms with Gasteiger partial charge in [-0.05, 0) is 47.7 Å². The predicted octanol–water partition coefficient (Wildman–Crippen LogP) is 5.80. The number of rotatable bonds is 4. The second-order valence-electron chi connectivity index (χ2n) is 7.35. The zero-order valence-corrected chi connectivity index (χ0v) is 17.8. The fourth-order valence-corrected chi connectivity index (χ4v) is 4.71. The first-order valence-corrected chi connectivity index (χ1v) is 10.9. The van der Waals surface area contributed by atoms with Crippen LogP contribution in [0.1, 0.15) is 16.7 Å². The summed E-state index contributed by atoms with van der Waals surface area (Å²) in [4.78, 5) is 27.2. The van der Waals surface area contributed by atoms with E-state index in [2.05, 4.69) is 10.6 Å². The van der Waals surface area contributed by atoms with Gasteiger partial charge in [0, 0.05) is 29.2 Å². The van der Waals surface area contributed by atoms with Crippen molar-refractivity contribution in [1.29, 1.82) is 5.26 Å². The van der Waals surface area contributed by atoms with Gasteiger partial charge in [0.1, 0.15) is 0 Å². The summed E-state index contributed by atoms with van der Waals surface area (Å²) in [5.74, 6) is -0.321. The molecule has 1 fully saturated rings. The van der Waals surface area contributed by atoms with Crippen molar-refractivity contribution in [3.63, 3.8) is 0 Å². The molecule has 5 rings (SSSR count). The molecule has 0 bridgehead atoms. The Labute approximate surface area is 189 Å². The number of carbonyl (C=O) groups is 2. The Morgan fingerprint density at radius 1 is 0.906 bits per heavy atom. The van der Waals surface area contributed by atoms with Gasteiger partial charge in [-0.3, -0.25) is 9.59 Å². The van der Waals surface area contributed by atoms with Crippen LogP contribution in [0.2, 0.25) is 0 Å². The number of fused-ring (bicyclic) bond motifs is 1. The summed E-state index contributed by atoms with van der Waals surface area (Å²) in [6.07, 6.45) is 3.75. The zero-order chi connectivity index (χ0) is 22.1. The number of carbonyl (C=O) groups excluding carboxylic acids is 2. The van der Waals surface area contributed by atoms with E-state index in [0.717, 1.165) is 33.8 Å². The molecule has 0 unspecified atom stereocenters. The predicted molar refractivity (Wildman–Crippen MR) is 127 cm³/mol. The molecule has 1 aliphatic rings. The largest absolute Gasteiger partial charge is 0.342 e. The summed E-state index contributed by atoms with van der Waals surface area (Å²) in [5, 5.41) is 10.1. The van der Waals surface area contributed by atoms with E-state index in [1.165, 1.54) is 4.90 Å². The minimum Gasteiger partial charge on any atom is -0.342 e. The number of thioether (sulfide) groups is 1. The fraction of sp³-hybridized carbons (Fsp3) is 0.0385. The number of hydrogen-bond donors (Lipinski definition) is 0. The second kappa shape index (κ2) is 8.22. The average Bonchev–Trinajstić information content (AvgIpc) is 3.31. The molecule has 0 spiro atoms. The van der Waals surface area contributed by atoms with Gasteiger partial charge in [-0.2, -0.15) is 5.26 Å². The van der Waals surface area contributed by atoms with Crippen LogP contribution in [0.5, 0.6) is 0 Å². The lowest BCUT2D eigenvalue weighted by molar-refractivity contribution is -0.113. The molecule has 1 saturated heterocycles. The van der Waals surface area contributed by atoms with E-state index < -0.39 is 0 Å². The highest BCUT2D eigenvalue weighted by atomic mass is 32.2. The van der Waals surface area contributed by atoms with Crippen LogP contribution >= 0.6 is 11.8 Å². The van der Waals surface area contributed by atoms with Crippen LogP contribution in [0.3, 0.4) is 0 Å². The maximum Gasteiger partial charge on any atom is 0.298 e. The van der Waals surface area contributed by atoms with Crippen molar-refractivity contribution in [2.24, 2.45) is 0 Å². The highest BCUT2D eigenvalue weighted by Crippen LogP contribution is 2.37. The molecule has 0 N–H and O–H groups in total. The van der Waals surface area contributed by atoms with Gasteiger partial charge in [-0.15, -0.1) is 0 Å². The van der Waals surface area contributed by atoms with Crippen LogP contribution in [-0.4, -0.2) is 15.7 Å². The Bertz CT molecular complexity index is 1430. The first-order chi connectivity index (χ1) is 15.7. The first kappa shape index (κ1) is 19.9. The topological polar surface area (TPSA) is 66.1 Å². The van der Waals surface area contributed by atoms with E-state index in [9.17, 15) is 14.9 Å². The Kier molecular flexibility index (Phi) is 5.10. The summed E-state index contributed by atoms with van der Waals surface area (Å²) < 4.78 is 2.07. The number of nitrogens with zero attached hydrogens (tertiary/aromatic N) is 3. The molecule has 1 aromatic heterocycles. The van der Waals surface area contributed by atoms with E-state index in [0.29, 0.717) is 22.7 Å². The second-order valence-corrected chi connectivity index (χ2v) is 8.34. The number of nitriles is 1. The minimum atomic E-state index is -0.321. The highest BCUT2D eigenvalue weighted by molar-refractivity contribution is 8.19. The third kappa shape index (κ3) is 3.49. The number of benzene rings is 3. The van der Waals surface area contributed by atoms with Gasteiger partial charge in [0.2, 0.25) is 0 Å². The standard InChI is InChI=1S/C26H17N3O2S/c27-15-18-8-4-5-9-19(18)16-28-17-20(22-12-6-7-13-23(22)28)14-24-25(30)29(26(31)32-24)21-10-2-1-3-11-21/h1-14,17H,16H2/b24-14-. The van der Waals surface area contributed by atoms with Crippen LogP contribution in [-0.2, 0) is 11.3 Å². The van der Waals surface area contributed by atoms with E-state index in [1.807, 2.05) is 60.8 Å². The maximum absolute atomic E-state index is 13.0. The van der Waals surface area contributed by atoms with E-state index in [-0.39, 0.29) is 11.1 Å². The maximum atomic E-state index is 13.0.